The van der Waals surface area contributed by atoms with Crippen LogP contribution in [0.1, 0.15) is 29.6 Å². The van der Waals surface area contributed by atoms with Crippen LogP contribution in [0.5, 0.6) is 5.75 Å². The van der Waals surface area contributed by atoms with Crippen molar-refractivity contribution < 1.29 is 49.0 Å². The number of aromatic nitrogens is 2. The highest BCUT2D eigenvalue weighted by Crippen LogP contribution is 2.38. The number of anilines is 1. The second-order valence-corrected chi connectivity index (χ2v) is 12.0. The summed E-state index contributed by atoms with van der Waals surface area (Å²) in [6.07, 6.45) is -8.03. The largest absolute Gasteiger partial charge is 0.573 e. The highest BCUT2D eigenvalue weighted by molar-refractivity contribution is 7.91. The summed E-state index contributed by atoms with van der Waals surface area (Å²) in [6, 6.07) is 10.6. The van der Waals surface area contributed by atoms with Crippen LogP contribution in [-0.2, 0) is 22.6 Å². The first-order valence-electron chi connectivity index (χ1n) is 13.2. The van der Waals surface area contributed by atoms with Crippen LogP contribution in [0.25, 0.3) is 22.5 Å². The summed E-state index contributed by atoms with van der Waals surface area (Å²) in [6.45, 7) is 1.74. The van der Waals surface area contributed by atoms with Gasteiger partial charge in [0, 0.05) is 23.5 Å². The van der Waals surface area contributed by atoms with Gasteiger partial charge >= 0.3 is 12.5 Å². The van der Waals surface area contributed by atoms with Gasteiger partial charge in [-0.05, 0) is 66.6 Å². The molecule has 9 nitrogen and oxygen atoms in total. The van der Waals surface area contributed by atoms with E-state index in [4.69, 9.17) is 11.6 Å². The number of aliphatic hydroxyl groups is 1. The number of sulfone groups is 1. The van der Waals surface area contributed by atoms with Crippen LogP contribution in [0.15, 0.2) is 71.9 Å². The van der Waals surface area contributed by atoms with Crippen molar-refractivity contribution in [3.8, 4) is 22.6 Å². The quantitative estimate of drug-likeness (QED) is 0.115. The van der Waals surface area contributed by atoms with E-state index in [0.717, 1.165) is 46.2 Å². The Hall–Kier alpha value is -4.61. The molecule has 246 valence electrons. The third kappa shape index (κ3) is 7.11. The summed E-state index contributed by atoms with van der Waals surface area (Å²) in [5, 5.41) is 10.6. The Morgan fingerprint density at radius 2 is 1.70 bits per heavy atom. The van der Waals surface area contributed by atoms with Crippen molar-refractivity contribution >= 4 is 21.2 Å². The fourth-order valence-corrected chi connectivity index (χ4v) is 5.75. The molecular formula is C29H26F7N5O4S. The number of benzene rings is 3. The van der Waals surface area contributed by atoms with Gasteiger partial charge in [0.25, 0.3) is 0 Å². The fourth-order valence-electron chi connectivity index (χ4n) is 4.59. The van der Waals surface area contributed by atoms with E-state index in [1.807, 2.05) is 0 Å². The lowest BCUT2D eigenvalue weighted by Crippen LogP contribution is -2.31. The highest BCUT2D eigenvalue weighted by atomic mass is 32.2. The van der Waals surface area contributed by atoms with Crippen LogP contribution in [0.3, 0.4) is 0 Å². The summed E-state index contributed by atoms with van der Waals surface area (Å²) in [4.78, 5) is 3.12. The predicted octanol–water partition coefficient (Wildman–Crippen LogP) is 5.83. The van der Waals surface area contributed by atoms with Gasteiger partial charge in [-0.25, -0.2) is 23.6 Å². The standard InChI is InChI=1S/C29H26F7N5O4S/c1-3-46(43,44)26-12-19(10-22(30)21(26)15-42)18-6-9-23(40-14-27(28(31,32)33)39-16(40)2)24(11-18)41(38)25(13-37)17-4-7-20(8-5-17)45-29(34,35)36/h4-14,42H,3,15,37-38H2,1-2H3/b25-13-. The van der Waals surface area contributed by atoms with Crippen LogP contribution >= 0.6 is 0 Å². The number of aliphatic hydroxyl groups excluding tert-OH is 1. The molecule has 1 heterocycles. The van der Waals surface area contributed by atoms with Gasteiger partial charge in [0.15, 0.2) is 15.5 Å². The SMILES string of the molecule is CCS(=O)(=O)c1cc(-c2ccc(-n3cc(C(F)(F)F)nc3C)c(N(N)/C(=C\N)c3ccc(OC(F)(F)F)cc3)c2)cc(F)c1CO. The zero-order valence-electron chi connectivity index (χ0n) is 24.0. The second kappa shape index (κ2) is 12.6. The summed E-state index contributed by atoms with van der Waals surface area (Å²) in [7, 11) is -4.02. The summed E-state index contributed by atoms with van der Waals surface area (Å²) < 4.78 is 124. The molecule has 0 saturated carbocycles. The van der Waals surface area contributed by atoms with E-state index in [9.17, 15) is 39.9 Å². The number of hydrogen-bond donors (Lipinski definition) is 3. The van der Waals surface area contributed by atoms with Crippen LogP contribution in [-0.4, -0.2) is 35.2 Å². The number of alkyl halides is 6. The molecule has 4 aromatic rings. The fraction of sp³-hybridized carbons (Fsp3) is 0.207. The molecule has 0 saturated heterocycles. The Balaban J connectivity index is 1.93. The molecule has 0 amide bonds. The smallest absolute Gasteiger partial charge is 0.406 e. The van der Waals surface area contributed by atoms with E-state index in [1.165, 1.54) is 44.2 Å². The summed E-state index contributed by atoms with van der Waals surface area (Å²) in [5.41, 5.74) is 4.49. The lowest BCUT2D eigenvalue weighted by Gasteiger charge is -2.26. The maximum atomic E-state index is 15.1. The Morgan fingerprint density at radius 1 is 1.04 bits per heavy atom. The molecule has 0 bridgehead atoms. The first kappa shape index (κ1) is 34.3. The molecule has 1 aromatic heterocycles. The summed E-state index contributed by atoms with van der Waals surface area (Å²) in [5.74, 6) is 4.39. The van der Waals surface area contributed by atoms with Crippen LogP contribution in [0, 0.1) is 12.7 Å². The van der Waals surface area contributed by atoms with Gasteiger partial charge in [-0.15, -0.1) is 13.2 Å². The first-order valence-corrected chi connectivity index (χ1v) is 14.8. The van der Waals surface area contributed by atoms with Gasteiger partial charge in [-0.2, -0.15) is 13.2 Å². The average molecular weight is 674 g/mol. The molecule has 0 aliphatic rings. The molecule has 0 radical (unpaired) electrons. The molecule has 17 heteroatoms. The van der Waals surface area contributed by atoms with E-state index >= 15 is 4.39 Å². The topological polar surface area (TPSA) is 137 Å². The maximum absolute atomic E-state index is 15.1. The van der Waals surface area contributed by atoms with E-state index in [2.05, 4.69) is 9.72 Å². The number of hydrazine groups is 1. The zero-order valence-corrected chi connectivity index (χ0v) is 24.8. The van der Waals surface area contributed by atoms with Crippen molar-refractivity contribution in [1.29, 1.82) is 0 Å². The van der Waals surface area contributed by atoms with E-state index in [1.54, 1.807) is 0 Å². The average Bonchev–Trinajstić information content (AvgIpc) is 3.38. The third-order valence-corrected chi connectivity index (χ3v) is 8.62. The highest BCUT2D eigenvalue weighted by Gasteiger charge is 2.35. The number of ether oxygens (including phenoxy) is 1. The number of halogens is 7. The summed E-state index contributed by atoms with van der Waals surface area (Å²) >= 11 is 0. The number of imidazole rings is 1. The van der Waals surface area contributed by atoms with Gasteiger partial charge in [0.05, 0.1) is 34.3 Å². The normalized spacial score (nSPS) is 12.8. The second-order valence-electron chi connectivity index (χ2n) is 9.73. The van der Waals surface area contributed by atoms with Gasteiger partial charge in [-0.1, -0.05) is 13.0 Å². The molecule has 0 aliphatic heterocycles. The lowest BCUT2D eigenvalue weighted by molar-refractivity contribution is -0.274. The minimum absolute atomic E-state index is 0.0215. The van der Waals surface area contributed by atoms with Gasteiger partial charge < -0.3 is 20.1 Å². The van der Waals surface area contributed by atoms with Crippen molar-refractivity contribution in [3.05, 3.63) is 95.5 Å². The van der Waals surface area contributed by atoms with Crippen LogP contribution in [0.4, 0.5) is 36.4 Å². The molecule has 0 spiro atoms. The minimum atomic E-state index is -4.95. The van der Waals surface area contributed by atoms with Gasteiger partial charge in [-0.3, -0.25) is 5.01 Å². The molecule has 0 aliphatic carbocycles. The number of hydrogen-bond acceptors (Lipinski definition) is 8. The monoisotopic (exact) mass is 673 g/mol. The zero-order chi connectivity index (χ0) is 34.2. The van der Waals surface area contributed by atoms with E-state index < -0.39 is 62.5 Å². The Morgan fingerprint density at radius 3 is 2.22 bits per heavy atom. The Labute approximate surface area is 258 Å². The lowest BCUT2D eigenvalue weighted by atomic mass is 10.0. The first-order chi connectivity index (χ1) is 21.4. The predicted molar refractivity (Wildman–Crippen MR) is 154 cm³/mol. The maximum Gasteiger partial charge on any atom is 0.573 e. The molecule has 4 rings (SSSR count). The minimum Gasteiger partial charge on any atom is -0.406 e. The van der Waals surface area contributed by atoms with Crippen molar-refractivity contribution in [2.45, 2.75) is 37.9 Å². The van der Waals surface area contributed by atoms with Crippen molar-refractivity contribution in [2.75, 3.05) is 10.8 Å². The molecule has 5 N–H and O–H groups in total. The third-order valence-electron chi connectivity index (χ3n) is 6.83. The molecular weight excluding hydrogens is 647 g/mol. The molecule has 3 aromatic carbocycles. The van der Waals surface area contributed by atoms with E-state index in [0.29, 0.717) is 0 Å². The van der Waals surface area contributed by atoms with Gasteiger partial charge in [0.1, 0.15) is 17.4 Å². The molecule has 0 unspecified atom stereocenters. The van der Waals surface area contributed by atoms with Crippen molar-refractivity contribution in [3.63, 3.8) is 0 Å². The molecule has 46 heavy (non-hydrogen) atoms. The van der Waals surface area contributed by atoms with Gasteiger partial charge in [0.2, 0.25) is 0 Å². The Kier molecular flexibility index (Phi) is 9.42. The molecule has 0 fully saturated rings. The van der Waals surface area contributed by atoms with Crippen molar-refractivity contribution in [2.24, 2.45) is 11.6 Å². The Bertz CT molecular complexity index is 1890. The van der Waals surface area contributed by atoms with E-state index in [-0.39, 0.29) is 39.6 Å². The molecule has 0 atom stereocenters. The van der Waals surface area contributed by atoms with Crippen LogP contribution in [0.2, 0.25) is 0 Å². The number of aryl methyl sites for hydroxylation is 1. The number of nitrogens with zero attached hydrogens (tertiary/aromatic N) is 3. The van der Waals surface area contributed by atoms with Crippen molar-refractivity contribution in [1.82, 2.24) is 9.55 Å². The van der Waals surface area contributed by atoms with Crippen LogP contribution < -0.4 is 21.3 Å². The number of nitrogens with two attached hydrogens (primary N) is 2. The number of rotatable bonds is 9.